The second-order valence-corrected chi connectivity index (χ2v) is 3.71. The van der Waals surface area contributed by atoms with Crippen molar-refractivity contribution in [1.82, 2.24) is 0 Å². The summed E-state index contributed by atoms with van der Waals surface area (Å²) < 4.78 is 0. The molecule has 0 rings (SSSR count). The summed E-state index contributed by atoms with van der Waals surface area (Å²) in [5.74, 6) is 0. The maximum Gasteiger partial charge on any atom is 0.234 e. The molecule has 0 amide bonds. The first kappa shape index (κ1) is 18.9. The van der Waals surface area contributed by atoms with Crippen LogP contribution < -0.4 is 5.73 Å². The van der Waals surface area contributed by atoms with E-state index in [1.807, 2.05) is 66.8 Å². The first-order valence-electron chi connectivity index (χ1n) is 6.62. The van der Waals surface area contributed by atoms with Crippen LogP contribution in [0.4, 0.5) is 0 Å². The zero-order valence-corrected chi connectivity index (χ0v) is 12.2. The fraction of sp³-hybridized carbons (Fsp3) is 0. The van der Waals surface area contributed by atoms with Gasteiger partial charge in [-0.25, -0.2) is 0 Å². The van der Waals surface area contributed by atoms with Crippen molar-refractivity contribution in [1.29, 1.82) is 0 Å². The largest absolute Gasteiger partial charge is 0.405 e. The lowest BCUT2D eigenvalue weighted by Gasteiger charge is -1.75. The van der Waals surface area contributed by atoms with Crippen molar-refractivity contribution < 1.29 is 4.92 Å². The van der Waals surface area contributed by atoms with Crippen LogP contribution in [0.15, 0.2) is 110 Å². The van der Waals surface area contributed by atoms with Crippen LogP contribution >= 0.6 is 0 Å². The lowest BCUT2D eigenvalue weighted by molar-refractivity contribution is -0.402. The molecule has 0 aliphatic carbocycles. The van der Waals surface area contributed by atoms with Crippen LogP contribution in [0.3, 0.4) is 0 Å². The summed E-state index contributed by atoms with van der Waals surface area (Å²) in [6.07, 6.45) is 31.4. The van der Waals surface area contributed by atoms with Crippen molar-refractivity contribution in [2.75, 3.05) is 0 Å². The van der Waals surface area contributed by atoms with E-state index < -0.39 is 4.92 Å². The summed E-state index contributed by atoms with van der Waals surface area (Å²) in [6, 6.07) is 0. The highest BCUT2D eigenvalue weighted by molar-refractivity contribution is 5.21. The van der Waals surface area contributed by atoms with E-state index in [2.05, 4.69) is 0 Å². The van der Waals surface area contributed by atoms with E-state index in [0.29, 0.717) is 0 Å². The van der Waals surface area contributed by atoms with E-state index in [0.717, 1.165) is 6.20 Å². The van der Waals surface area contributed by atoms with Crippen molar-refractivity contribution in [3.05, 3.63) is 120 Å². The molecule has 4 heteroatoms. The number of hydrogen-bond acceptors (Lipinski definition) is 3. The van der Waals surface area contributed by atoms with E-state index in [-0.39, 0.29) is 0 Å². The van der Waals surface area contributed by atoms with E-state index in [9.17, 15) is 10.1 Å². The van der Waals surface area contributed by atoms with Gasteiger partial charge in [-0.15, -0.1) is 0 Å². The van der Waals surface area contributed by atoms with Crippen LogP contribution in [-0.2, 0) is 0 Å². The predicted molar refractivity (Wildman–Crippen MR) is 93.4 cm³/mol. The lowest BCUT2D eigenvalue weighted by atomic mass is 10.3. The van der Waals surface area contributed by atoms with Crippen molar-refractivity contribution >= 4 is 0 Å². The summed E-state index contributed by atoms with van der Waals surface area (Å²) in [7, 11) is 0. The Morgan fingerprint density at radius 3 is 1.09 bits per heavy atom. The standard InChI is InChI=1S/C18H20N2O2/c19-17-15-13-11-9-7-5-3-1-2-4-6-8-10-12-14-16-18-20(21)22/h1-18H,19H2/b2-1+,5-3+,6-4+,9-7+,10-8+,13-11+,14-12+,17-15+,18-16+. The summed E-state index contributed by atoms with van der Waals surface area (Å²) in [5, 5.41) is 9.99. The number of rotatable bonds is 9. The molecule has 0 aromatic rings. The highest BCUT2D eigenvalue weighted by atomic mass is 16.6. The monoisotopic (exact) mass is 296 g/mol. The van der Waals surface area contributed by atoms with Gasteiger partial charge >= 0.3 is 0 Å². The van der Waals surface area contributed by atoms with Crippen LogP contribution in [0.1, 0.15) is 0 Å². The van der Waals surface area contributed by atoms with Crippen LogP contribution in [0.5, 0.6) is 0 Å². The van der Waals surface area contributed by atoms with Crippen molar-refractivity contribution in [2.45, 2.75) is 0 Å². The summed E-state index contributed by atoms with van der Waals surface area (Å²) in [5.41, 5.74) is 5.18. The number of nitro groups is 1. The Kier molecular flexibility index (Phi) is 13.6. The van der Waals surface area contributed by atoms with Crippen LogP contribution in [0.2, 0.25) is 0 Å². The van der Waals surface area contributed by atoms with Gasteiger partial charge in [0.25, 0.3) is 0 Å². The molecule has 0 spiro atoms. The van der Waals surface area contributed by atoms with Crippen molar-refractivity contribution in [3.8, 4) is 0 Å². The molecule has 0 aromatic heterocycles. The second-order valence-electron chi connectivity index (χ2n) is 3.71. The Balaban J connectivity index is 3.90. The first-order valence-corrected chi connectivity index (χ1v) is 6.62. The average Bonchev–Trinajstić information content (AvgIpc) is 2.50. The minimum Gasteiger partial charge on any atom is -0.405 e. The Hall–Kier alpha value is -3.14. The van der Waals surface area contributed by atoms with E-state index in [1.165, 1.54) is 12.3 Å². The summed E-state index contributed by atoms with van der Waals surface area (Å²) in [6.45, 7) is 0. The minimum atomic E-state index is -0.505. The SMILES string of the molecule is N/C=C/C=C/C=C/C=C/C=C/C=C/C=C/C=C/C=C/[N+](=O)[O-]. The zero-order valence-electron chi connectivity index (χ0n) is 12.2. The Bertz CT molecular complexity index is 558. The molecule has 0 bridgehead atoms. The number of hydrogen-bond donors (Lipinski definition) is 1. The van der Waals surface area contributed by atoms with Gasteiger partial charge < -0.3 is 5.73 Å². The van der Waals surface area contributed by atoms with Gasteiger partial charge in [-0.3, -0.25) is 10.1 Å². The van der Waals surface area contributed by atoms with Crippen LogP contribution in [-0.4, -0.2) is 4.92 Å². The molecule has 0 aliphatic rings. The maximum absolute atomic E-state index is 9.99. The molecule has 0 unspecified atom stereocenters. The van der Waals surface area contributed by atoms with Gasteiger partial charge in [0.1, 0.15) is 0 Å². The smallest absolute Gasteiger partial charge is 0.234 e. The molecule has 0 radical (unpaired) electrons. The molecule has 2 N–H and O–H groups in total. The molecule has 0 saturated carbocycles. The Labute approximate surface area is 131 Å². The molecule has 0 heterocycles. The fourth-order valence-corrected chi connectivity index (χ4v) is 1.08. The maximum atomic E-state index is 9.99. The van der Waals surface area contributed by atoms with Gasteiger partial charge in [0.2, 0.25) is 6.20 Å². The quantitative estimate of drug-likeness (QED) is 0.395. The third-order valence-electron chi connectivity index (χ3n) is 1.99. The molecule has 0 fully saturated rings. The van der Waals surface area contributed by atoms with Crippen molar-refractivity contribution in [3.63, 3.8) is 0 Å². The Morgan fingerprint density at radius 2 is 0.818 bits per heavy atom. The van der Waals surface area contributed by atoms with Gasteiger partial charge in [0, 0.05) is 6.08 Å². The average molecular weight is 296 g/mol. The number of allylic oxidation sites excluding steroid dienone is 16. The summed E-state index contributed by atoms with van der Waals surface area (Å²) in [4.78, 5) is 9.48. The normalized spacial score (nSPS) is 14.2. The van der Waals surface area contributed by atoms with Gasteiger partial charge in [0.05, 0.1) is 4.92 Å². The van der Waals surface area contributed by atoms with Crippen molar-refractivity contribution in [2.24, 2.45) is 5.73 Å². The topological polar surface area (TPSA) is 69.2 Å². The Morgan fingerprint density at radius 1 is 0.545 bits per heavy atom. The first-order chi connectivity index (χ1) is 10.8. The molecule has 4 nitrogen and oxygen atoms in total. The molecule has 114 valence electrons. The third-order valence-corrected chi connectivity index (χ3v) is 1.99. The fourth-order valence-electron chi connectivity index (χ4n) is 1.08. The van der Waals surface area contributed by atoms with Gasteiger partial charge in [-0.2, -0.15) is 0 Å². The van der Waals surface area contributed by atoms with Gasteiger partial charge in [-0.05, 0) is 12.3 Å². The van der Waals surface area contributed by atoms with Gasteiger partial charge in [0.15, 0.2) is 0 Å². The molecule has 0 aromatic carbocycles. The predicted octanol–water partition coefficient (Wildman–Crippen LogP) is 4.14. The molecule has 0 saturated heterocycles. The zero-order chi connectivity index (χ0) is 16.3. The second kappa shape index (κ2) is 15.9. The highest BCUT2D eigenvalue weighted by Gasteiger charge is 1.77. The third kappa shape index (κ3) is 16.9. The molecular weight excluding hydrogens is 276 g/mol. The molecular formula is C18H20N2O2. The molecule has 0 aliphatic heterocycles. The van der Waals surface area contributed by atoms with Crippen LogP contribution in [0.25, 0.3) is 0 Å². The molecule has 22 heavy (non-hydrogen) atoms. The van der Waals surface area contributed by atoms with Gasteiger partial charge in [-0.1, -0.05) is 85.1 Å². The van der Waals surface area contributed by atoms with E-state index in [4.69, 9.17) is 5.73 Å². The lowest BCUT2D eigenvalue weighted by Crippen LogP contribution is -1.80. The van der Waals surface area contributed by atoms with E-state index in [1.54, 1.807) is 24.3 Å². The minimum absolute atomic E-state index is 0.505. The number of nitrogens with two attached hydrogens (primary N) is 1. The number of nitrogens with zero attached hydrogens (tertiary/aromatic N) is 1. The van der Waals surface area contributed by atoms with E-state index >= 15 is 0 Å². The van der Waals surface area contributed by atoms with Crippen LogP contribution in [0, 0.1) is 10.1 Å². The summed E-state index contributed by atoms with van der Waals surface area (Å²) >= 11 is 0. The highest BCUT2D eigenvalue weighted by Crippen LogP contribution is 1.86. The molecule has 0 atom stereocenters.